The van der Waals surface area contributed by atoms with Crippen molar-refractivity contribution in [1.29, 1.82) is 0 Å². The number of nitrogens with zero attached hydrogens (tertiary/aromatic N) is 4. The lowest BCUT2D eigenvalue weighted by atomic mass is 10.2. The van der Waals surface area contributed by atoms with Crippen molar-refractivity contribution in [3.05, 3.63) is 11.5 Å². The molecule has 1 aliphatic rings. The number of hydrogen-bond donors (Lipinski definition) is 1. The fraction of sp³-hybridized carbons (Fsp3) is 0.615. The number of aryl methyl sites for hydroxylation is 1. The summed E-state index contributed by atoms with van der Waals surface area (Å²) in [6.07, 6.45) is 0.983. The Labute approximate surface area is 127 Å². The van der Waals surface area contributed by atoms with Gasteiger partial charge in [0.1, 0.15) is 11.1 Å². The molecule has 21 heavy (non-hydrogen) atoms. The fourth-order valence-corrected chi connectivity index (χ4v) is 3.15. The Balaban J connectivity index is 1.79. The van der Waals surface area contributed by atoms with Crippen molar-refractivity contribution in [1.82, 2.24) is 19.4 Å². The van der Waals surface area contributed by atoms with E-state index in [0.717, 1.165) is 37.3 Å². The van der Waals surface area contributed by atoms with Gasteiger partial charge in [-0.25, -0.2) is 0 Å². The number of morpholine rings is 1. The van der Waals surface area contributed by atoms with Crippen molar-refractivity contribution in [2.75, 3.05) is 32.0 Å². The largest absolute Gasteiger partial charge is 0.389 e. The van der Waals surface area contributed by atoms with Crippen LogP contribution in [0.3, 0.4) is 0 Å². The number of nitrogens with two attached hydrogens (primary N) is 1. The summed E-state index contributed by atoms with van der Waals surface area (Å²) in [7, 11) is 0. The van der Waals surface area contributed by atoms with Crippen molar-refractivity contribution in [2.45, 2.75) is 26.4 Å². The minimum atomic E-state index is -0.143. The number of nitrogen functional groups attached to an aromatic ring is 1. The normalized spacial score (nSPS) is 20.0. The molecule has 2 aromatic rings. The van der Waals surface area contributed by atoms with Gasteiger partial charge in [-0.05, 0) is 31.4 Å². The van der Waals surface area contributed by atoms with E-state index in [-0.39, 0.29) is 6.10 Å². The summed E-state index contributed by atoms with van der Waals surface area (Å²) in [6, 6.07) is 0. The second kappa shape index (κ2) is 6.08. The van der Waals surface area contributed by atoms with Crippen LogP contribution >= 0.6 is 11.5 Å². The van der Waals surface area contributed by atoms with Crippen molar-refractivity contribution in [3.63, 3.8) is 0 Å². The monoisotopic (exact) mass is 309 g/mol. The van der Waals surface area contributed by atoms with E-state index in [0.29, 0.717) is 23.3 Å². The lowest BCUT2D eigenvalue weighted by Gasteiger charge is -2.30. The van der Waals surface area contributed by atoms with Gasteiger partial charge in [0.2, 0.25) is 5.82 Å². The SMILES string of the molecule is CCCN1CCOC(c2noc(-c3c(C)nsc3N)n2)C1. The smallest absolute Gasteiger partial charge is 0.262 e. The van der Waals surface area contributed by atoms with E-state index >= 15 is 0 Å². The molecule has 1 atom stereocenters. The van der Waals surface area contributed by atoms with Gasteiger partial charge in [-0.15, -0.1) is 0 Å². The summed E-state index contributed by atoms with van der Waals surface area (Å²) in [5, 5.41) is 4.65. The minimum Gasteiger partial charge on any atom is -0.389 e. The third kappa shape index (κ3) is 2.92. The van der Waals surface area contributed by atoms with Crippen LogP contribution in [-0.2, 0) is 4.74 Å². The van der Waals surface area contributed by atoms with Gasteiger partial charge in [0, 0.05) is 13.1 Å². The van der Waals surface area contributed by atoms with Gasteiger partial charge in [-0.2, -0.15) is 9.36 Å². The maximum atomic E-state index is 5.91. The van der Waals surface area contributed by atoms with E-state index in [1.807, 2.05) is 6.92 Å². The quantitative estimate of drug-likeness (QED) is 0.921. The van der Waals surface area contributed by atoms with Gasteiger partial charge < -0.3 is 15.0 Å². The lowest BCUT2D eigenvalue weighted by Crippen LogP contribution is -2.39. The first-order chi connectivity index (χ1) is 10.2. The summed E-state index contributed by atoms with van der Waals surface area (Å²) in [5.41, 5.74) is 7.46. The van der Waals surface area contributed by atoms with Crippen LogP contribution in [0.1, 0.15) is 31.0 Å². The highest BCUT2D eigenvalue weighted by molar-refractivity contribution is 7.10. The maximum absolute atomic E-state index is 5.91. The van der Waals surface area contributed by atoms with E-state index < -0.39 is 0 Å². The molecule has 2 N–H and O–H groups in total. The molecule has 3 heterocycles. The predicted molar refractivity (Wildman–Crippen MR) is 80.0 cm³/mol. The van der Waals surface area contributed by atoms with Crippen LogP contribution in [0.4, 0.5) is 5.00 Å². The molecule has 0 amide bonds. The third-order valence-corrected chi connectivity index (χ3v) is 4.29. The van der Waals surface area contributed by atoms with Gasteiger partial charge in [0.25, 0.3) is 5.89 Å². The Morgan fingerprint density at radius 1 is 1.48 bits per heavy atom. The second-order valence-corrected chi connectivity index (χ2v) is 5.93. The minimum absolute atomic E-state index is 0.143. The van der Waals surface area contributed by atoms with E-state index in [4.69, 9.17) is 15.0 Å². The zero-order chi connectivity index (χ0) is 14.8. The third-order valence-electron chi connectivity index (χ3n) is 3.52. The molecule has 0 aromatic carbocycles. The van der Waals surface area contributed by atoms with Crippen LogP contribution in [0.25, 0.3) is 11.5 Å². The van der Waals surface area contributed by atoms with Gasteiger partial charge in [-0.3, -0.25) is 4.90 Å². The molecule has 0 saturated carbocycles. The Kier molecular flexibility index (Phi) is 4.18. The van der Waals surface area contributed by atoms with Crippen molar-refractivity contribution in [2.24, 2.45) is 0 Å². The van der Waals surface area contributed by atoms with Gasteiger partial charge >= 0.3 is 0 Å². The molecule has 1 aliphatic heterocycles. The highest BCUT2D eigenvalue weighted by Gasteiger charge is 2.27. The molecule has 1 fully saturated rings. The average Bonchev–Trinajstić information content (AvgIpc) is 3.07. The molecule has 7 nitrogen and oxygen atoms in total. The number of ether oxygens (including phenoxy) is 1. The lowest BCUT2D eigenvalue weighted by molar-refractivity contribution is -0.0350. The van der Waals surface area contributed by atoms with Crippen LogP contribution in [0, 0.1) is 6.92 Å². The molecule has 2 aromatic heterocycles. The number of anilines is 1. The Morgan fingerprint density at radius 3 is 3.05 bits per heavy atom. The zero-order valence-electron chi connectivity index (χ0n) is 12.2. The topological polar surface area (TPSA) is 90.3 Å². The van der Waals surface area contributed by atoms with Crippen LogP contribution in [0.5, 0.6) is 0 Å². The first-order valence-corrected chi connectivity index (χ1v) is 7.86. The van der Waals surface area contributed by atoms with E-state index in [2.05, 4.69) is 26.3 Å². The zero-order valence-corrected chi connectivity index (χ0v) is 13.0. The molecule has 0 bridgehead atoms. The van der Waals surface area contributed by atoms with Crippen LogP contribution < -0.4 is 5.73 Å². The molecular weight excluding hydrogens is 290 g/mol. The van der Waals surface area contributed by atoms with Crippen LogP contribution in [-0.4, -0.2) is 45.7 Å². The van der Waals surface area contributed by atoms with E-state index in [9.17, 15) is 0 Å². The average molecular weight is 309 g/mol. The summed E-state index contributed by atoms with van der Waals surface area (Å²) in [6.45, 7) is 7.55. The highest BCUT2D eigenvalue weighted by Crippen LogP contribution is 2.32. The second-order valence-electron chi connectivity index (χ2n) is 5.13. The van der Waals surface area contributed by atoms with E-state index in [1.54, 1.807) is 0 Å². The standard InChI is InChI=1S/C13H19N5O2S/c1-3-4-18-5-6-19-9(7-18)12-15-13(20-16-12)10-8(2)17-21-11(10)14/h9H,3-7,14H2,1-2H3. The van der Waals surface area contributed by atoms with Crippen molar-refractivity contribution >= 4 is 16.5 Å². The summed E-state index contributed by atoms with van der Waals surface area (Å²) < 4.78 is 15.3. The maximum Gasteiger partial charge on any atom is 0.262 e. The molecule has 8 heteroatoms. The van der Waals surface area contributed by atoms with Gasteiger partial charge in [0.05, 0.1) is 17.9 Å². The predicted octanol–water partition coefficient (Wildman–Crippen LogP) is 1.87. The molecular formula is C13H19N5O2S. The number of hydrogen-bond acceptors (Lipinski definition) is 8. The molecule has 1 saturated heterocycles. The molecule has 3 rings (SSSR count). The van der Waals surface area contributed by atoms with Crippen molar-refractivity contribution in [3.8, 4) is 11.5 Å². The first-order valence-electron chi connectivity index (χ1n) is 7.08. The molecule has 0 radical (unpaired) electrons. The van der Waals surface area contributed by atoms with Crippen molar-refractivity contribution < 1.29 is 9.26 Å². The summed E-state index contributed by atoms with van der Waals surface area (Å²) in [5.74, 6) is 1.00. The molecule has 0 spiro atoms. The number of aromatic nitrogens is 3. The van der Waals surface area contributed by atoms with Crippen LogP contribution in [0.15, 0.2) is 4.52 Å². The fourth-order valence-electron chi connectivity index (χ4n) is 2.49. The summed E-state index contributed by atoms with van der Waals surface area (Å²) in [4.78, 5) is 6.81. The Bertz CT molecular complexity index is 590. The van der Waals surface area contributed by atoms with Gasteiger partial charge in [-0.1, -0.05) is 12.1 Å². The first kappa shape index (κ1) is 14.4. The Morgan fingerprint density at radius 2 is 2.33 bits per heavy atom. The van der Waals surface area contributed by atoms with E-state index in [1.165, 1.54) is 11.5 Å². The summed E-state index contributed by atoms with van der Waals surface area (Å²) >= 11 is 1.24. The van der Waals surface area contributed by atoms with Crippen LogP contribution in [0.2, 0.25) is 0 Å². The van der Waals surface area contributed by atoms with Gasteiger partial charge in [0.15, 0.2) is 0 Å². The highest BCUT2D eigenvalue weighted by atomic mass is 32.1. The Hall–Kier alpha value is -1.51. The molecule has 1 unspecified atom stereocenters. The molecule has 0 aliphatic carbocycles. The molecule has 114 valence electrons. The number of rotatable bonds is 4.